The van der Waals surface area contributed by atoms with E-state index in [1.54, 1.807) is 18.2 Å². The average Bonchev–Trinajstić information content (AvgIpc) is 3.67. The van der Waals surface area contributed by atoms with Crippen molar-refractivity contribution in [1.29, 1.82) is 5.26 Å². The van der Waals surface area contributed by atoms with E-state index in [0.29, 0.717) is 38.7 Å². The number of nitrogens with zero attached hydrogens (tertiary/aromatic N) is 5. The van der Waals surface area contributed by atoms with E-state index in [2.05, 4.69) is 37.3 Å². The number of anilines is 3. The summed E-state index contributed by atoms with van der Waals surface area (Å²) in [4.78, 5) is 4.40. The Morgan fingerprint density at radius 3 is 2.59 bits per heavy atom. The Morgan fingerprint density at radius 2 is 1.85 bits per heavy atom. The molecule has 2 atom stereocenters. The van der Waals surface area contributed by atoms with Crippen molar-refractivity contribution in [2.75, 3.05) is 23.7 Å². The lowest BCUT2D eigenvalue weighted by Gasteiger charge is -2.20. The molecule has 41 heavy (non-hydrogen) atoms. The number of nitrogens with one attached hydrogen (secondary N) is 3. The fourth-order valence-electron chi connectivity index (χ4n) is 4.90. The van der Waals surface area contributed by atoms with Gasteiger partial charge in [0.1, 0.15) is 23.4 Å². The largest absolute Gasteiger partial charge is 0.373 e. The molecule has 1 aliphatic heterocycles. The van der Waals surface area contributed by atoms with E-state index in [0.717, 1.165) is 25.1 Å². The van der Waals surface area contributed by atoms with Gasteiger partial charge < -0.3 is 16.0 Å². The Balaban J connectivity index is 1.42. The van der Waals surface area contributed by atoms with Crippen LogP contribution in [0.2, 0.25) is 10.0 Å². The maximum absolute atomic E-state index is 13.8. The zero-order chi connectivity index (χ0) is 28.5. The second-order valence-corrected chi connectivity index (χ2v) is 10.5. The van der Waals surface area contributed by atoms with Gasteiger partial charge >= 0.3 is 0 Å². The molecule has 1 fully saturated rings. The molecule has 3 heterocycles. The summed E-state index contributed by atoms with van der Waals surface area (Å²) < 4.78 is 29.4. The molecule has 1 aliphatic rings. The van der Waals surface area contributed by atoms with Crippen LogP contribution in [0.25, 0.3) is 10.9 Å². The van der Waals surface area contributed by atoms with Crippen LogP contribution < -0.4 is 16.0 Å². The van der Waals surface area contributed by atoms with E-state index in [1.807, 2.05) is 16.9 Å². The highest BCUT2D eigenvalue weighted by Crippen LogP contribution is 2.37. The number of pyridine rings is 1. The third-order valence-corrected chi connectivity index (χ3v) is 7.56. The Hall–Kier alpha value is -4.30. The van der Waals surface area contributed by atoms with Crippen LogP contribution >= 0.6 is 23.2 Å². The van der Waals surface area contributed by atoms with Crippen LogP contribution in [0.3, 0.4) is 0 Å². The Bertz CT molecular complexity index is 1780. The van der Waals surface area contributed by atoms with Crippen LogP contribution in [0.15, 0.2) is 67.0 Å². The first-order valence-corrected chi connectivity index (χ1v) is 13.5. The van der Waals surface area contributed by atoms with E-state index in [1.165, 1.54) is 36.5 Å². The molecule has 8 nitrogen and oxygen atoms in total. The van der Waals surface area contributed by atoms with Crippen LogP contribution in [0, 0.1) is 23.0 Å². The van der Waals surface area contributed by atoms with Crippen molar-refractivity contribution < 1.29 is 8.78 Å². The van der Waals surface area contributed by atoms with Crippen molar-refractivity contribution >= 4 is 51.2 Å². The topological polar surface area (TPSA) is 103 Å². The van der Waals surface area contributed by atoms with Gasteiger partial charge in [-0.15, -0.1) is 5.10 Å². The predicted octanol–water partition coefficient (Wildman–Crippen LogP) is 6.76. The molecule has 5 aromatic rings. The lowest BCUT2D eigenvalue weighted by Crippen LogP contribution is -2.14. The quantitative estimate of drug-likeness (QED) is 0.192. The first-order chi connectivity index (χ1) is 19.9. The minimum atomic E-state index is -0.556. The van der Waals surface area contributed by atoms with Crippen molar-refractivity contribution in [3.8, 4) is 6.07 Å². The third kappa shape index (κ3) is 5.52. The van der Waals surface area contributed by atoms with E-state index in [9.17, 15) is 14.0 Å². The van der Waals surface area contributed by atoms with Gasteiger partial charge in [-0.3, -0.25) is 4.98 Å². The number of aromatic nitrogens is 4. The van der Waals surface area contributed by atoms with Gasteiger partial charge in [0.05, 0.1) is 45.1 Å². The molecule has 6 rings (SSSR count). The lowest BCUT2D eigenvalue weighted by atomic mass is 10.0. The highest BCUT2D eigenvalue weighted by atomic mass is 35.5. The molecule has 0 aliphatic carbocycles. The number of halogens is 4. The van der Waals surface area contributed by atoms with Crippen molar-refractivity contribution in [2.45, 2.75) is 18.5 Å². The van der Waals surface area contributed by atoms with Crippen molar-refractivity contribution in [3.63, 3.8) is 0 Å². The average molecular weight is 591 g/mol. The minimum absolute atomic E-state index is 0.0594. The zero-order valence-electron chi connectivity index (χ0n) is 21.4. The SMILES string of the molecule is N#Cc1cnc2c(Cl)cc(NC(c3ccc(F)cc3)c3cn(C4CCNC4)nn3)cc2c1Nc1ccc(F)c(Cl)c1. The molecule has 2 unspecified atom stereocenters. The number of benzene rings is 3. The van der Waals surface area contributed by atoms with Crippen LogP contribution in [0.5, 0.6) is 0 Å². The van der Waals surface area contributed by atoms with Crippen molar-refractivity contribution in [3.05, 3.63) is 105 Å². The third-order valence-electron chi connectivity index (χ3n) is 6.98. The second-order valence-electron chi connectivity index (χ2n) is 9.67. The summed E-state index contributed by atoms with van der Waals surface area (Å²) in [5.74, 6) is -0.909. The van der Waals surface area contributed by atoms with Gasteiger partial charge in [-0.05, 0) is 61.0 Å². The summed E-state index contributed by atoms with van der Waals surface area (Å²) in [7, 11) is 0. The van der Waals surface area contributed by atoms with Gasteiger partial charge in [0, 0.05) is 29.5 Å². The first kappa shape index (κ1) is 26.9. The maximum Gasteiger partial charge on any atom is 0.141 e. The fraction of sp³-hybridized carbons (Fsp3) is 0.172. The number of fused-ring (bicyclic) bond motifs is 1. The minimum Gasteiger partial charge on any atom is -0.373 e. The second kappa shape index (κ2) is 11.3. The van der Waals surface area contributed by atoms with Gasteiger partial charge in [0.2, 0.25) is 0 Å². The van der Waals surface area contributed by atoms with E-state index >= 15 is 0 Å². The molecular weight excluding hydrogens is 569 g/mol. The first-order valence-electron chi connectivity index (χ1n) is 12.8. The van der Waals surface area contributed by atoms with Crippen molar-refractivity contribution in [1.82, 2.24) is 25.3 Å². The number of nitriles is 1. The molecule has 1 saturated heterocycles. The molecule has 3 aromatic carbocycles. The van der Waals surface area contributed by atoms with E-state index in [-0.39, 0.29) is 22.4 Å². The summed E-state index contributed by atoms with van der Waals surface area (Å²) in [5, 5.41) is 29.4. The van der Waals surface area contributed by atoms with Gasteiger partial charge in [-0.1, -0.05) is 40.5 Å². The maximum atomic E-state index is 13.8. The Morgan fingerprint density at radius 1 is 1.05 bits per heavy atom. The molecule has 12 heteroatoms. The molecule has 0 saturated carbocycles. The molecular formula is C29H22Cl2F2N8. The monoisotopic (exact) mass is 590 g/mol. The summed E-state index contributed by atoms with van der Waals surface area (Å²) in [6.07, 6.45) is 4.26. The summed E-state index contributed by atoms with van der Waals surface area (Å²) >= 11 is 12.7. The summed E-state index contributed by atoms with van der Waals surface area (Å²) in [6, 6.07) is 15.7. The number of hydrogen-bond donors (Lipinski definition) is 3. The molecule has 206 valence electrons. The highest BCUT2D eigenvalue weighted by Gasteiger charge is 2.23. The molecule has 0 bridgehead atoms. The van der Waals surface area contributed by atoms with Gasteiger partial charge in [-0.2, -0.15) is 5.26 Å². The highest BCUT2D eigenvalue weighted by molar-refractivity contribution is 6.36. The number of rotatable bonds is 7. The molecule has 3 N–H and O–H groups in total. The van der Waals surface area contributed by atoms with Crippen molar-refractivity contribution in [2.24, 2.45) is 0 Å². The van der Waals surface area contributed by atoms with Gasteiger partial charge in [-0.25, -0.2) is 13.5 Å². The molecule has 0 amide bonds. The Labute approximate surface area is 243 Å². The smallest absolute Gasteiger partial charge is 0.141 e. The van der Waals surface area contributed by atoms with Gasteiger partial charge in [0.25, 0.3) is 0 Å². The van der Waals surface area contributed by atoms with Gasteiger partial charge in [0.15, 0.2) is 0 Å². The molecule has 0 radical (unpaired) electrons. The van der Waals surface area contributed by atoms with Crippen LogP contribution in [-0.2, 0) is 0 Å². The normalized spacial score (nSPS) is 15.5. The zero-order valence-corrected chi connectivity index (χ0v) is 22.9. The van der Waals surface area contributed by atoms with Crippen LogP contribution in [0.4, 0.5) is 25.8 Å². The summed E-state index contributed by atoms with van der Waals surface area (Å²) in [6.45, 7) is 1.72. The standard InChI is InChI=1S/C29H22Cl2F2N8/c30-23-10-19(5-6-25(23)33)37-27-17(12-34)13-36-29-22(27)9-20(11-24(29)31)38-28(16-1-3-18(32)4-2-16)26-15-41(40-39-26)21-7-8-35-14-21/h1-6,9-11,13,15,21,28,35,38H,7-8,14H2,(H,36,37). The predicted molar refractivity (Wildman–Crippen MR) is 155 cm³/mol. The van der Waals surface area contributed by atoms with Crippen LogP contribution in [-0.4, -0.2) is 33.1 Å². The molecule has 2 aromatic heterocycles. The summed E-state index contributed by atoms with van der Waals surface area (Å²) in [5.41, 5.74) is 3.65. The van der Waals surface area contributed by atoms with E-state index in [4.69, 9.17) is 23.2 Å². The Kier molecular flexibility index (Phi) is 7.41. The number of hydrogen-bond acceptors (Lipinski definition) is 7. The lowest BCUT2D eigenvalue weighted by molar-refractivity contribution is 0.476. The molecule has 0 spiro atoms. The van der Waals surface area contributed by atoms with Crippen LogP contribution in [0.1, 0.15) is 35.3 Å². The fourth-order valence-corrected chi connectivity index (χ4v) is 5.35. The van der Waals surface area contributed by atoms with E-state index < -0.39 is 11.9 Å².